The molecule has 1 heterocycles. The van der Waals surface area contributed by atoms with E-state index in [1.807, 2.05) is 43.3 Å². The number of hydrogen-bond acceptors (Lipinski definition) is 4. The minimum atomic E-state index is 0.0775. The predicted molar refractivity (Wildman–Crippen MR) is 86.8 cm³/mol. The maximum Gasteiger partial charge on any atom is 0.226 e. The number of rotatable bonds is 4. The normalized spacial score (nSPS) is 12.1. The summed E-state index contributed by atoms with van der Waals surface area (Å²) in [7, 11) is 0. The fourth-order valence-electron chi connectivity index (χ4n) is 2.36. The standard InChI is InChI=1S/C18H18N2O2/c1-12-11-19-18(22-12)15-6-3-7-16(9-15)20-13(2)14-5-4-8-17(21)10-14/h3-11,13,20-21H,1-2H3/t13-/m1/s1. The second-order valence-corrected chi connectivity index (χ2v) is 5.32. The zero-order valence-corrected chi connectivity index (χ0v) is 12.6. The number of anilines is 1. The Hall–Kier alpha value is -2.75. The zero-order chi connectivity index (χ0) is 15.5. The molecule has 0 saturated heterocycles. The van der Waals surface area contributed by atoms with E-state index in [0.29, 0.717) is 5.89 Å². The van der Waals surface area contributed by atoms with Crippen LogP contribution in [0.25, 0.3) is 11.5 Å². The zero-order valence-electron chi connectivity index (χ0n) is 12.6. The number of aryl methyl sites for hydroxylation is 1. The van der Waals surface area contributed by atoms with E-state index in [-0.39, 0.29) is 11.8 Å². The molecule has 1 aromatic heterocycles. The van der Waals surface area contributed by atoms with Gasteiger partial charge >= 0.3 is 0 Å². The van der Waals surface area contributed by atoms with Gasteiger partial charge in [-0.15, -0.1) is 0 Å². The minimum Gasteiger partial charge on any atom is -0.508 e. The molecule has 112 valence electrons. The number of benzene rings is 2. The first kappa shape index (κ1) is 14.2. The quantitative estimate of drug-likeness (QED) is 0.742. The van der Waals surface area contributed by atoms with Crippen molar-refractivity contribution in [3.05, 3.63) is 66.1 Å². The lowest BCUT2D eigenvalue weighted by Crippen LogP contribution is -2.06. The minimum absolute atomic E-state index is 0.0775. The number of nitrogens with zero attached hydrogens (tertiary/aromatic N) is 1. The summed E-state index contributed by atoms with van der Waals surface area (Å²) in [5, 5.41) is 13.0. The predicted octanol–water partition coefficient (Wildman–Crippen LogP) is 4.53. The van der Waals surface area contributed by atoms with Gasteiger partial charge in [-0.3, -0.25) is 0 Å². The molecular formula is C18H18N2O2. The molecule has 0 aliphatic rings. The summed E-state index contributed by atoms with van der Waals surface area (Å²) in [6.07, 6.45) is 1.71. The van der Waals surface area contributed by atoms with Crippen LogP contribution in [0.5, 0.6) is 5.75 Å². The monoisotopic (exact) mass is 294 g/mol. The first-order valence-electron chi connectivity index (χ1n) is 7.20. The third kappa shape index (κ3) is 3.11. The molecule has 3 aromatic rings. The molecule has 2 N–H and O–H groups in total. The average Bonchev–Trinajstić information content (AvgIpc) is 2.94. The molecular weight excluding hydrogens is 276 g/mol. The number of nitrogens with one attached hydrogen (secondary N) is 1. The van der Waals surface area contributed by atoms with Crippen molar-refractivity contribution >= 4 is 5.69 Å². The largest absolute Gasteiger partial charge is 0.508 e. The molecule has 0 radical (unpaired) electrons. The fourth-order valence-corrected chi connectivity index (χ4v) is 2.36. The van der Waals surface area contributed by atoms with Crippen LogP contribution in [0.1, 0.15) is 24.3 Å². The van der Waals surface area contributed by atoms with Gasteiger partial charge < -0.3 is 14.8 Å². The van der Waals surface area contributed by atoms with Gasteiger partial charge in [-0.1, -0.05) is 18.2 Å². The number of phenols is 1. The summed E-state index contributed by atoms with van der Waals surface area (Å²) in [5.41, 5.74) is 2.93. The van der Waals surface area contributed by atoms with Gasteiger partial charge in [0.2, 0.25) is 5.89 Å². The van der Waals surface area contributed by atoms with Crippen LogP contribution in [0.3, 0.4) is 0 Å². The number of oxazole rings is 1. The summed E-state index contributed by atoms with van der Waals surface area (Å²) in [4.78, 5) is 4.25. The van der Waals surface area contributed by atoms with Gasteiger partial charge in [0.05, 0.1) is 6.20 Å². The van der Waals surface area contributed by atoms with Crippen molar-refractivity contribution in [2.45, 2.75) is 19.9 Å². The van der Waals surface area contributed by atoms with Gasteiger partial charge in [-0.25, -0.2) is 4.98 Å². The van der Waals surface area contributed by atoms with Crippen LogP contribution in [0.2, 0.25) is 0 Å². The molecule has 3 rings (SSSR count). The van der Waals surface area contributed by atoms with Crippen LogP contribution < -0.4 is 5.32 Å². The molecule has 0 saturated carbocycles. The number of aromatic hydroxyl groups is 1. The first-order valence-corrected chi connectivity index (χ1v) is 7.20. The van der Waals surface area contributed by atoms with E-state index in [9.17, 15) is 5.11 Å². The van der Waals surface area contributed by atoms with Gasteiger partial charge in [0.25, 0.3) is 0 Å². The Morgan fingerprint density at radius 1 is 1.14 bits per heavy atom. The Labute approximate surface area is 129 Å². The van der Waals surface area contributed by atoms with Crippen LogP contribution >= 0.6 is 0 Å². The van der Waals surface area contributed by atoms with Crippen LogP contribution in [0.15, 0.2) is 59.1 Å². The third-order valence-corrected chi connectivity index (χ3v) is 3.48. The van der Waals surface area contributed by atoms with E-state index < -0.39 is 0 Å². The SMILES string of the molecule is Cc1cnc(-c2cccc(N[C@H](C)c3cccc(O)c3)c2)o1. The lowest BCUT2D eigenvalue weighted by atomic mass is 10.1. The molecule has 22 heavy (non-hydrogen) atoms. The summed E-state index contributed by atoms with van der Waals surface area (Å²) in [6.45, 7) is 3.93. The lowest BCUT2D eigenvalue weighted by Gasteiger charge is -2.16. The number of phenolic OH excluding ortho intramolecular Hbond substituents is 1. The van der Waals surface area contributed by atoms with Gasteiger partial charge in [0.1, 0.15) is 11.5 Å². The Morgan fingerprint density at radius 3 is 2.68 bits per heavy atom. The molecule has 2 aromatic carbocycles. The van der Waals surface area contributed by atoms with Gasteiger partial charge in [0.15, 0.2) is 0 Å². The van der Waals surface area contributed by atoms with Crippen molar-refractivity contribution in [2.75, 3.05) is 5.32 Å². The molecule has 4 heteroatoms. The van der Waals surface area contributed by atoms with Crippen LogP contribution in [-0.2, 0) is 0 Å². The molecule has 0 bridgehead atoms. The highest BCUT2D eigenvalue weighted by atomic mass is 16.4. The third-order valence-electron chi connectivity index (χ3n) is 3.48. The summed E-state index contributed by atoms with van der Waals surface area (Å²) in [5.74, 6) is 1.68. The number of hydrogen-bond donors (Lipinski definition) is 2. The van der Waals surface area contributed by atoms with Gasteiger partial charge in [-0.05, 0) is 49.7 Å². The van der Waals surface area contributed by atoms with Crippen LogP contribution in [-0.4, -0.2) is 10.1 Å². The Bertz CT molecular complexity index is 780. The lowest BCUT2D eigenvalue weighted by molar-refractivity contribution is 0.474. The van der Waals surface area contributed by atoms with E-state index >= 15 is 0 Å². The molecule has 1 atom stereocenters. The molecule has 4 nitrogen and oxygen atoms in total. The van der Waals surface area contributed by atoms with Crippen LogP contribution in [0, 0.1) is 6.92 Å². The van der Waals surface area contributed by atoms with Gasteiger partial charge in [0, 0.05) is 17.3 Å². The topological polar surface area (TPSA) is 58.3 Å². The highest BCUT2D eigenvalue weighted by Crippen LogP contribution is 2.26. The van der Waals surface area contributed by atoms with E-state index in [4.69, 9.17) is 4.42 Å². The maximum absolute atomic E-state index is 9.57. The molecule has 0 spiro atoms. The summed E-state index contributed by atoms with van der Waals surface area (Å²) >= 11 is 0. The molecule has 0 aliphatic carbocycles. The van der Waals surface area contributed by atoms with Crippen molar-refractivity contribution < 1.29 is 9.52 Å². The molecule has 0 unspecified atom stereocenters. The Balaban J connectivity index is 1.81. The Morgan fingerprint density at radius 2 is 1.95 bits per heavy atom. The second kappa shape index (κ2) is 5.93. The van der Waals surface area contributed by atoms with Crippen molar-refractivity contribution in [2.24, 2.45) is 0 Å². The summed E-state index contributed by atoms with van der Waals surface area (Å²) < 4.78 is 5.56. The van der Waals surface area contributed by atoms with Crippen LogP contribution in [0.4, 0.5) is 5.69 Å². The smallest absolute Gasteiger partial charge is 0.226 e. The fraction of sp³-hybridized carbons (Fsp3) is 0.167. The first-order chi connectivity index (χ1) is 10.6. The molecule has 0 aliphatic heterocycles. The maximum atomic E-state index is 9.57. The van der Waals surface area contributed by atoms with E-state index in [1.165, 1.54) is 0 Å². The van der Waals surface area contributed by atoms with Crippen molar-refractivity contribution in [1.82, 2.24) is 4.98 Å². The Kier molecular flexibility index (Phi) is 3.83. The van der Waals surface area contributed by atoms with E-state index in [2.05, 4.69) is 17.2 Å². The summed E-state index contributed by atoms with van der Waals surface area (Å²) in [6, 6.07) is 15.3. The molecule has 0 amide bonds. The average molecular weight is 294 g/mol. The highest BCUT2D eigenvalue weighted by molar-refractivity contribution is 5.61. The second-order valence-electron chi connectivity index (χ2n) is 5.32. The van der Waals surface area contributed by atoms with Crippen molar-refractivity contribution in [3.8, 4) is 17.2 Å². The van der Waals surface area contributed by atoms with Gasteiger partial charge in [-0.2, -0.15) is 0 Å². The van der Waals surface area contributed by atoms with Crippen molar-refractivity contribution in [1.29, 1.82) is 0 Å². The highest BCUT2D eigenvalue weighted by Gasteiger charge is 2.08. The van der Waals surface area contributed by atoms with E-state index in [1.54, 1.807) is 18.3 Å². The van der Waals surface area contributed by atoms with Crippen molar-refractivity contribution in [3.63, 3.8) is 0 Å². The molecule has 0 fully saturated rings. The van der Waals surface area contributed by atoms with E-state index in [0.717, 1.165) is 22.6 Å². The number of aromatic nitrogens is 1.